The molecule has 0 saturated carbocycles. The third-order valence-corrected chi connectivity index (χ3v) is 5.14. The van der Waals surface area contributed by atoms with Crippen LogP contribution in [0.15, 0.2) is 36.4 Å². The fourth-order valence-corrected chi connectivity index (χ4v) is 3.57. The molecule has 2 aliphatic rings. The molecule has 0 aliphatic carbocycles. The molecule has 136 valence electrons. The number of ether oxygens (including phenoxy) is 3. The molecule has 6 nitrogen and oxygen atoms in total. The van der Waals surface area contributed by atoms with E-state index in [2.05, 4.69) is 16.4 Å². The van der Waals surface area contributed by atoms with Gasteiger partial charge in [-0.25, -0.2) is 4.98 Å². The van der Waals surface area contributed by atoms with Crippen LogP contribution in [0.5, 0.6) is 11.5 Å². The average molecular weight is 354 g/mol. The highest BCUT2D eigenvalue weighted by Gasteiger charge is 2.36. The molecule has 1 aromatic carbocycles. The second-order valence-electron chi connectivity index (χ2n) is 6.81. The lowest BCUT2D eigenvalue weighted by Gasteiger charge is -2.38. The van der Waals surface area contributed by atoms with Crippen LogP contribution in [0.1, 0.15) is 34.6 Å². The number of aryl methyl sites for hydroxylation is 1. The zero-order valence-corrected chi connectivity index (χ0v) is 14.8. The summed E-state index contributed by atoms with van der Waals surface area (Å²) in [6.45, 7) is 4.01. The third-order valence-electron chi connectivity index (χ3n) is 5.14. The van der Waals surface area contributed by atoms with Crippen LogP contribution < -0.4 is 14.8 Å². The third kappa shape index (κ3) is 3.24. The highest BCUT2D eigenvalue weighted by atomic mass is 16.7. The van der Waals surface area contributed by atoms with E-state index >= 15 is 0 Å². The molecule has 0 atom stereocenters. The molecule has 4 rings (SSSR count). The fraction of sp³-hybridized carbons (Fsp3) is 0.400. The van der Waals surface area contributed by atoms with Crippen molar-refractivity contribution in [1.82, 2.24) is 10.3 Å². The van der Waals surface area contributed by atoms with Crippen molar-refractivity contribution in [1.29, 1.82) is 0 Å². The van der Waals surface area contributed by atoms with Crippen LogP contribution >= 0.6 is 0 Å². The zero-order valence-electron chi connectivity index (χ0n) is 14.8. The predicted octanol–water partition coefficient (Wildman–Crippen LogP) is 2.60. The first kappa shape index (κ1) is 16.8. The summed E-state index contributed by atoms with van der Waals surface area (Å²) in [6.07, 6.45) is 1.68. The first-order valence-corrected chi connectivity index (χ1v) is 8.86. The number of carbonyl (C=O) groups is 1. The number of amides is 1. The SMILES string of the molecule is Cc1cccc(C(=O)NCC2(c3ccc4c(c3)OCO4)CCOCC2)n1. The van der Waals surface area contributed by atoms with Crippen LogP contribution in [-0.2, 0) is 10.2 Å². The van der Waals surface area contributed by atoms with Crippen molar-refractivity contribution in [3.8, 4) is 11.5 Å². The largest absolute Gasteiger partial charge is 0.454 e. The Morgan fingerprint density at radius 3 is 2.77 bits per heavy atom. The van der Waals surface area contributed by atoms with E-state index in [0.717, 1.165) is 35.6 Å². The van der Waals surface area contributed by atoms with Crippen LogP contribution in [0, 0.1) is 6.92 Å². The smallest absolute Gasteiger partial charge is 0.269 e. The van der Waals surface area contributed by atoms with Gasteiger partial charge in [0.1, 0.15) is 5.69 Å². The van der Waals surface area contributed by atoms with Gasteiger partial charge in [0.25, 0.3) is 5.91 Å². The van der Waals surface area contributed by atoms with Gasteiger partial charge in [-0.15, -0.1) is 0 Å². The van der Waals surface area contributed by atoms with Crippen LogP contribution in [0.25, 0.3) is 0 Å². The van der Waals surface area contributed by atoms with Crippen molar-refractivity contribution in [2.45, 2.75) is 25.2 Å². The molecular weight excluding hydrogens is 332 g/mol. The molecule has 1 N–H and O–H groups in total. The van der Waals surface area contributed by atoms with Crippen LogP contribution in [0.3, 0.4) is 0 Å². The summed E-state index contributed by atoms with van der Waals surface area (Å²) in [6, 6.07) is 11.5. The summed E-state index contributed by atoms with van der Waals surface area (Å²) < 4.78 is 16.5. The monoisotopic (exact) mass is 354 g/mol. The van der Waals surface area contributed by atoms with Gasteiger partial charge in [0.2, 0.25) is 6.79 Å². The minimum absolute atomic E-state index is 0.152. The Balaban J connectivity index is 1.56. The van der Waals surface area contributed by atoms with E-state index in [0.29, 0.717) is 25.5 Å². The standard InChI is InChI=1S/C20H22N2O4/c1-14-3-2-4-16(22-14)19(23)21-12-20(7-9-24-10-8-20)15-5-6-17-18(11-15)26-13-25-17/h2-6,11H,7-10,12-13H2,1H3,(H,21,23). The van der Waals surface area contributed by atoms with Crippen molar-refractivity contribution >= 4 is 5.91 Å². The van der Waals surface area contributed by atoms with Gasteiger partial charge in [-0.05, 0) is 49.6 Å². The van der Waals surface area contributed by atoms with Crippen molar-refractivity contribution < 1.29 is 19.0 Å². The van der Waals surface area contributed by atoms with E-state index in [1.54, 1.807) is 6.07 Å². The maximum Gasteiger partial charge on any atom is 0.269 e. The number of pyridine rings is 1. The fourth-order valence-electron chi connectivity index (χ4n) is 3.57. The molecule has 0 radical (unpaired) electrons. The number of nitrogens with one attached hydrogen (secondary N) is 1. The molecule has 2 aliphatic heterocycles. The summed E-state index contributed by atoms with van der Waals surface area (Å²) in [5, 5.41) is 3.07. The number of hydrogen-bond donors (Lipinski definition) is 1. The molecule has 1 aromatic heterocycles. The molecule has 2 aromatic rings. The van der Waals surface area contributed by atoms with Gasteiger partial charge in [0.15, 0.2) is 11.5 Å². The Kier molecular flexibility index (Phi) is 4.51. The summed E-state index contributed by atoms with van der Waals surface area (Å²) in [4.78, 5) is 16.9. The second kappa shape index (κ2) is 6.96. The van der Waals surface area contributed by atoms with Gasteiger partial charge in [-0.3, -0.25) is 4.79 Å². The second-order valence-corrected chi connectivity index (χ2v) is 6.81. The molecule has 1 saturated heterocycles. The molecular formula is C20H22N2O4. The number of nitrogens with zero attached hydrogens (tertiary/aromatic N) is 1. The van der Waals surface area contributed by atoms with E-state index in [4.69, 9.17) is 14.2 Å². The van der Waals surface area contributed by atoms with E-state index in [9.17, 15) is 4.79 Å². The van der Waals surface area contributed by atoms with Gasteiger partial charge in [0.05, 0.1) is 0 Å². The van der Waals surface area contributed by atoms with Crippen LogP contribution in [0.4, 0.5) is 0 Å². The number of benzene rings is 1. The number of hydrogen-bond acceptors (Lipinski definition) is 5. The highest BCUT2D eigenvalue weighted by Crippen LogP contribution is 2.40. The number of aromatic nitrogens is 1. The minimum atomic E-state index is -0.182. The van der Waals surface area contributed by atoms with Crippen molar-refractivity contribution in [3.05, 3.63) is 53.3 Å². The van der Waals surface area contributed by atoms with E-state index < -0.39 is 0 Å². The quantitative estimate of drug-likeness (QED) is 0.914. The predicted molar refractivity (Wildman–Crippen MR) is 95.6 cm³/mol. The molecule has 0 unspecified atom stereocenters. The van der Waals surface area contributed by atoms with E-state index in [-0.39, 0.29) is 18.1 Å². The van der Waals surface area contributed by atoms with Crippen LogP contribution in [0.2, 0.25) is 0 Å². The van der Waals surface area contributed by atoms with E-state index in [1.165, 1.54) is 0 Å². The van der Waals surface area contributed by atoms with Gasteiger partial charge in [-0.2, -0.15) is 0 Å². The lowest BCUT2D eigenvalue weighted by Crippen LogP contribution is -2.44. The Labute approximate surface area is 152 Å². The van der Waals surface area contributed by atoms with Crippen molar-refractivity contribution in [2.75, 3.05) is 26.6 Å². The Morgan fingerprint density at radius 2 is 1.96 bits per heavy atom. The summed E-state index contributed by atoms with van der Waals surface area (Å²) in [7, 11) is 0. The normalized spacial score (nSPS) is 17.7. The van der Waals surface area contributed by atoms with E-state index in [1.807, 2.05) is 31.2 Å². The highest BCUT2D eigenvalue weighted by molar-refractivity contribution is 5.92. The maximum atomic E-state index is 12.6. The van der Waals surface area contributed by atoms with Crippen molar-refractivity contribution in [3.63, 3.8) is 0 Å². The first-order chi connectivity index (χ1) is 12.7. The summed E-state index contributed by atoms with van der Waals surface area (Å²) >= 11 is 0. The summed E-state index contributed by atoms with van der Waals surface area (Å²) in [5.74, 6) is 1.38. The molecule has 1 fully saturated rings. The molecule has 3 heterocycles. The number of carbonyl (C=O) groups excluding carboxylic acids is 1. The minimum Gasteiger partial charge on any atom is -0.454 e. The Morgan fingerprint density at radius 1 is 1.15 bits per heavy atom. The molecule has 26 heavy (non-hydrogen) atoms. The lowest BCUT2D eigenvalue weighted by molar-refractivity contribution is 0.0486. The lowest BCUT2D eigenvalue weighted by atomic mass is 9.74. The molecule has 1 amide bonds. The average Bonchev–Trinajstić information content (AvgIpc) is 3.15. The molecule has 0 spiro atoms. The van der Waals surface area contributed by atoms with Crippen LogP contribution in [-0.4, -0.2) is 37.4 Å². The zero-order chi connectivity index (χ0) is 18.0. The van der Waals surface area contributed by atoms with Crippen molar-refractivity contribution in [2.24, 2.45) is 0 Å². The Bertz CT molecular complexity index is 815. The molecule has 0 bridgehead atoms. The first-order valence-electron chi connectivity index (χ1n) is 8.86. The van der Waals surface area contributed by atoms with Gasteiger partial charge >= 0.3 is 0 Å². The Hall–Kier alpha value is -2.60. The van der Waals surface area contributed by atoms with Gasteiger partial charge < -0.3 is 19.5 Å². The summed E-state index contributed by atoms with van der Waals surface area (Å²) in [5.41, 5.74) is 2.23. The maximum absolute atomic E-state index is 12.6. The number of rotatable bonds is 4. The van der Waals surface area contributed by atoms with Gasteiger partial charge in [-0.1, -0.05) is 12.1 Å². The molecule has 6 heteroatoms. The van der Waals surface area contributed by atoms with Gasteiger partial charge in [0, 0.05) is 30.9 Å². The number of fused-ring (bicyclic) bond motifs is 1. The topological polar surface area (TPSA) is 69.7 Å².